The number of halogens is 1. The van der Waals surface area contributed by atoms with Crippen molar-refractivity contribution in [2.75, 3.05) is 13.7 Å². The molecule has 656 valence electrons. The van der Waals surface area contributed by atoms with Crippen molar-refractivity contribution in [3.63, 3.8) is 0 Å². The zero-order valence-corrected chi connectivity index (χ0v) is 68.4. The van der Waals surface area contributed by atoms with Crippen LogP contribution in [0.3, 0.4) is 0 Å². The molecule has 3 saturated heterocycles. The van der Waals surface area contributed by atoms with E-state index < -0.39 is 250 Å². The van der Waals surface area contributed by atoms with Crippen molar-refractivity contribution >= 4 is 58.9 Å². The number of primary amides is 1. The fraction of sp³-hybridized carbons (Fsp3) is 0.419. The van der Waals surface area contributed by atoms with Gasteiger partial charge in [0, 0.05) is 53.2 Å². The van der Waals surface area contributed by atoms with Crippen molar-refractivity contribution in [1.82, 2.24) is 42.5 Å². The van der Waals surface area contributed by atoms with E-state index in [0.29, 0.717) is 0 Å². The van der Waals surface area contributed by atoms with Gasteiger partial charge in [0.2, 0.25) is 53.4 Å². The van der Waals surface area contributed by atoms with Gasteiger partial charge in [-0.3, -0.25) is 33.6 Å². The van der Waals surface area contributed by atoms with Crippen LogP contribution in [0, 0.1) is 5.92 Å². The molecule has 37 heteroatoms. The third-order valence-electron chi connectivity index (χ3n) is 22.8. The summed E-state index contributed by atoms with van der Waals surface area (Å²) in [4.78, 5) is 121. The Bertz CT molecular complexity index is 5110. The Morgan fingerprint density at radius 1 is 0.650 bits per heavy atom. The Morgan fingerprint density at radius 3 is 1.93 bits per heavy atom. The maximum atomic E-state index is 16.5. The van der Waals surface area contributed by atoms with E-state index in [9.17, 15) is 65.4 Å². The number of amides is 7. The van der Waals surface area contributed by atoms with Crippen LogP contribution in [0.2, 0.25) is 5.02 Å². The molecular formula is C86H99ClN10O26. The monoisotopic (exact) mass is 1720 g/mol. The Morgan fingerprint density at radius 2 is 1.28 bits per heavy atom. The van der Waals surface area contributed by atoms with Crippen LogP contribution in [-0.4, -0.2) is 215 Å². The lowest BCUT2D eigenvalue weighted by molar-refractivity contribution is -0.334. The van der Waals surface area contributed by atoms with E-state index in [0.717, 1.165) is 65.2 Å². The zero-order chi connectivity index (χ0) is 88.5. The number of likely N-dealkylation sites (N-methyl/N-ethyl adjacent to an activating group) is 1. The molecule has 0 saturated carbocycles. The Balaban J connectivity index is 1.01. The molecular weight excluding hydrogens is 1620 g/mol. The van der Waals surface area contributed by atoms with Crippen LogP contribution in [0.4, 0.5) is 0 Å². The minimum absolute atomic E-state index is 0.0418. The molecule has 22 N–H and O–H groups in total. The van der Waals surface area contributed by atoms with Crippen LogP contribution < -0.4 is 68.2 Å². The molecule has 0 aromatic heterocycles. The van der Waals surface area contributed by atoms with Gasteiger partial charge in [0.25, 0.3) is 0 Å². The molecule has 0 radical (unpaired) electrons. The summed E-state index contributed by atoms with van der Waals surface area (Å²) in [7, 11) is 1.48. The number of carbonyl (C=O) groups excluding carboxylic acids is 7. The van der Waals surface area contributed by atoms with Crippen LogP contribution in [0.15, 0.2) is 140 Å². The number of ether oxygens (including phenoxy) is 8. The molecule has 8 aliphatic rings. The second kappa shape index (κ2) is 37.1. The average Bonchev–Trinajstić information content (AvgIpc) is 0.702. The van der Waals surface area contributed by atoms with Gasteiger partial charge in [-0.2, -0.15) is 0 Å². The van der Waals surface area contributed by atoms with Gasteiger partial charge in [0.1, 0.15) is 89.5 Å². The first-order valence-electron chi connectivity index (χ1n) is 39.9. The van der Waals surface area contributed by atoms with E-state index >= 15 is 24.0 Å². The number of hydrogen-bond acceptors (Lipinski definition) is 28. The second-order valence-corrected chi connectivity index (χ2v) is 32.9. The van der Waals surface area contributed by atoms with E-state index in [1.807, 2.05) is 68.4 Å². The van der Waals surface area contributed by atoms with E-state index in [1.165, 1.54) is 57.3 Å². The van der Waals surface area contributed by atoms with E-state index in [-0.39, 0.29) is 64.9 Å². The number of carboxylic acids is 1. The first-order chi connectivity index (χ1) is 58.4. The van der Waals surface area contributed by atoms with Gasteiger partial charge < -0.3 is 143 Å². The maximum Gasteiger partial charge on any atom is 0.330 e. The lowest BCUT2D eigenvalue weighted by Gasteiger charge is -2.48. The average molecular weight is 1720 g/mol. The zero-order valence-electron chi connectivity index (χ0n) is 67.7. The molecule has 3 fully saturated rings. The van der Waals surface area contributed by atoms with Crippen molar-refractivity contribution in [1.29, 1.82) is 0 Å². The van der Waals surface area contributed by atoms with Crippen molar-refractivity contribution < 1.29 is 127 Å². The van der Waals surface area contributed by atoms with Crippen LogP contribution in [0.5, 0.6) is 46.0 Å². The molecule has 123 heavy (non-hydrogen) atoms. The highest BCUT2D eigenvalue weighted by atomic mass is 35.5. The van der Waals surface area contributed by atoms with Gasteiger partial charge in [-0.1, -0.05) is 104 Å². The standard InChI is InChI=1S/C86H99ClN10O26/c1-37(2)25-52(90-7)77(108)96-67-69(103)45-20-24-56(51(87)27-45)119-58-29-46-28-57(73(58)123-84-74(71(105)70(104)59(36-98)120-84)122-62-34-86(6,76(107)39(4)117-62)91-35-40-13-15-42(16-14-40)41-11-9-8-10-12-41)118-48-21-17-43(18-22-48)72(121-61-33-85(5,89)75(106)38(3)116-61)68-82(113)95-66(83(114)115)50-30-47(99)31-55(101)63(50)49-26-44(19-23-54(49)100)64(79(110)97-68)94-80(111)65(46)93-78(109)53(32-60(88)102)92-81(67)112/h8-24,26-31,37-39,52-53,59,61-62,64-72,74-76,84,90-91,98-101,103-107H,25,32-36,89H2,1-7H3,(H2,88,102)(H,92,112)(H,93,109)(H,94,111)(H,95,113)(H,96,108)(H,97,110)(H,114,115)/t38-,39-,52+,53-,59+,61-,62-,64+,65+,66-,67+,68-,69+,70+,71-,72+,74+,75-,76-,84-,85-,86-/m0/s1. The summed E-state index contributed by atoms with van der Waals surface area (Å²) in [6.45, 7) is 9.20. The van der Waals surface area contributed by atoms with Gasteiger partial charge in [0.15, 0.2) is 36.2 Å². The van der Waals surface area contributed by atoms with E-state index in [1.54, 1.807) is 13.8 Å². The number of aliphatic hydroxyl groups is 6. The van der Waals surface area contributed by atoms with E-state index in [4.69, 9.17) is 61.0 Å². The van der Waals surface area contributed by atoms with Gasteiger partial charge in [0.05, 0.1) is 48.5 Å². The summed E-state index contributed by atoms with van der Waals surface area (Å²) in [5, 5.41) is 138. The number of phenolic OH excluding ortho intramolecular Hbond substituents is 3. The molecule has 36 nitrogen and oxygen atoms in total. The van der Waals surface area contributed by atoms with Crippen molar-refractivity contribution in [2.24, 2.45) is 17.4 Å². The van der Waals surface area contributed by atoms with Crippen molar-refractivity contribution in [2.45, 2.75) is 207 Å². The lowest BCUT2D eigenvalue weighted by Crippen LogP contribution is -2.65. The smallest absolute Gasteiger partial charge is 0.330 e. The number of aliphatic hydroxyl groups excluding tert-OH is 6. The van der Waals surface area contributed by atoms with Crippen molar-refractivity contribution in [3.05, 3.63) is 178 Å². The number of benzene rings is 7. The molecule has 8 aliphatic heterocycles. The fourth-order valence-electron chi connectivity index (χ4n) is 16.1. The highest BCUT2D eigenvalue weighted by Crippen LogP contribution is 2.50. The summed E-state index contributed by atoms with van der Waals surface area (Å²) >= 11 is 7.22. The number of phenols is 3. The van der Waals surface area contributed by atoms with Gasteiger partial charge in [-0.15, -0.1) is 0 Å². The summed E-state index contributed by atoms with van der Waals surface area (Å²) in [5.74, 6) is -15.5. The number of carbonyl (C=O) groups is 8. The number of hydrogen-bond donors (Lipinski definition) is 20. The minimum atomic E-state index is -2.36. The molecule has 0 aliphatic carbocycles. The van der Waals surface area contributed by atoms with E-state index in [2.05, 4.69) is 42.5 Å². The molecule has 7 aromatic carbocycles. The number of nitrogens with one attached hydrogen (secondary N) is 8. The van der Waals surface area contributed by atoms with Crippen LogP contribution in [0.1, 0.15) is 131 Å². The normalized spacial score (nSPS) is 30.0. The number of nitrogens with two attached hydrogens (primary N) is 2. The fourth-order valence-corrected chi connectivity index (χ4v) is 16.3. The predicted octanol–water partition coefficient (Wildman–Crippen LogP) is 3.19. The highest BCUT2D eigenvalue weighted by Gasteiger charge is 2.53. The molecule has 0 spiro atoms. The number of carboxylic acid groups (broad SMARTS) is 1. The molecule has 8 heterocycles. The molecule has 22 atom stereocenters. The summed E-state index contributed by atoms with van der Waals surface area (Å²) in [6, 6.07) is 19.1. The highest BCUT2D eigenvalue weighted by molar-refractivity contribution is 6.32. The number of rotatable bonds is 19. The SMILES string of the molecule is CN[C@H](CC(C)C)C(=O)N[C@H]1C(=O)N[C@@H](CC(N)=O)C(=O)N[C@H]2C(=O)N[C@H]3C(=O)N[C@H](C(=O)N[C@H](C(=O)O)c4cc(O)cc(O)c4-c4cc3ccc4O)[C@H](O[C@H]3C[C@](C)(N)[C@@H](O)[C@H](C)O3)c3ccc(cc3)Oc3cc2cc(c3O[C@@H]2O[C@H](CO)[C@@H](O)[C@H](O)[C@H]2O[C@H]2C[C@](C)(NCc3ccc(-c4ccccc4)cc3)[C@@H](O)[C@H](C)O2)Oc2ccc(cc2Cl)[C@H]1O. The summed E-state index contributed by atoms with van der Waals surface area (Å²) in [6.07, 6.45) is -22.4. The molecule has 7 amide bonds. The molecule has 7 aromatic rings. The van der Waals surface area contributed by atoms with Crippen LogP contribution in [0.25, 0.3) is 22.3 Å². The second-order valence-electron chi connectivity index (χ2n) is 32.5. The molecule has 15 rings (SSSR count). The predicted molar refractivity (Wildman–Crippen MR) is 435 cm³/mol. The summed E-state index contributed by atoms with van der Waals surface area (Å²) in [5.41, 5.74) is 10.1. The molecule has 0 unspecified atom stereocenters. The quantitative estimate of drug-likeness (QED) is 0.0553. The number of aliphatic carboxylic acids is 1. The molecule has 11 bridgehead atoms. The number of fused-ring (bicyclic) bond motifs is 15. The van der Waals surface area contributed by atoms with Crippen molar-refractivity contribution in [3.8, 4) is 68.2 Å². The Kier molecular flexibility index (Phi) is 27.0. The Labute approximate surface area is 709 Å². The minimum Gasteiger partial charge on any atom is -0.508 e. The maximum absolute atomic E-state index is 16.5. The first-order valence-corrected chi connectivity index (χ1v) is 40.2. The topological polar surface area (TPSA) is 561 Å². The largest absolute Gasteiger partial charge is 0.508 e. The van der Waals surface area contributed by atoms with Gasteiger partial charge in [-0.25, -0.2) is 4.79 Å². The third kappa shape index (κ3) is 19.6. The van der Waals surface area contributed by atoms with Gasteiger partial charge >= 0.3 is 5.97 Å². The third-order valence-corrected chi connectivity index (χ3v) is 23.1. The first kappa shape index (κ1) is 89.6. The number of aromatic hydroxyl groups is 3. The Hall–Kier alpha value is -11.2. The van der Waals surface area contributed by atoms with Crippen LogP contribution >= 0.6 is 11.6 Å². The lowest BCUT2D eigenvalue weighted by atomic mass is 9.84. The summed E-state index contributed by atoms with van der Waals surface area (Å²) < 4.78 is 52.9. The van der Waals surface area contributed by atoms with Crippen LogP contribution in [-0.2, 0) is 68.6 Å². The van der Waals surface area contributed by atoms with Gasteiger partial charge in [-0.05, 0) is 141 Å².